The molecule has 0 aliphatic heterocycles. The van der Waals surface area contributed by atoms with E-state index in [2.05, 4.69) is 20.9 Å². The second-order valence-electron chi connectivity index (χ2n) is 4.68. The largest absolute Gasteiger partial charge is 0.295 e. The topological polar surface area (TPSA) is 17.8 Å². The van der Waals surface area contributed by atoms with Gasteiger partial charge in [0.05, 0.1) is 27.1 Å². The molecule has 2 nitrogen and oxygen atoms in total. The molecule has 3 aromatic rings. The minimum Gasteiger partial charge on any atom is -0.295 e. The molecule has 21 heavy (non-hydrogen) atoms. The van der Waals surface area contributed by atoms with Gasteiger partial charge in [0, 0.05) is 5.02 Å². The zero-order chi connectivity index (χ0) is 15.1. The zero-order valence-electron chi connectivity index (χ0n) is 11.0. The van der Waals surface area contributed by atoms with Crippen molar-refractivity contribution in [3.8, 4) is 5.69 Å². The van der Waals surface area contributed by atoms with Crippen LogP contribution in [0.2, 0.25) is 5.02 Å². The van der Waals surface area contributed by atoms with Crippen LogP contribution in [-0.2, 0) is 5.88 Å². The summed E-state index contributed by atoms with van der Waals surface area (Å²) in [6.07, 6.45) is 0. The molecule has 0 amide bonds. The number of benzene rings is 2. The molecule has 0 radical (unpaired) electrons. The smallest absolute Gasteiger partial charge is 0.139 e. The number of imidazole rings is 1. The Bertz CT molecular complexity index is 845. The second kappa shape index (κ2) is 5.59. The van der Waals surface area contributed by atoms with Crippen molar-refractivity contribution in [1.82, 2.24) is 9.55 Å². The summed E-state index contributed by atoms with van der Waals surface area (Å²) in [5.74, 6) is 0.544. The maximum absolute atomic E-state index is 13.9. The van der Waals surface area contributed by atoms with Crippen molar-refractivity contribution in [2.45, 2.75) is 12.8 Å². The van der Waals surface area contributed by atoms with E-state index in [9.17, 15) is 4.39 Å². The highest BCUT2D eigenvalue weighted by atomic mass is 79.9. The predicted octanol–water partition coefficient (Wildman–Crippen LogP) is 5.63. The molecular weight excluding hydrogens is 378 g/mol. The Labute approximate surface area is 139 Å². The highest BCUT2D eigenvalue weighted by Crippen LogP contribution is 2.29. The average Bonchev–Trinajstić information content (AvgIpc) is 2.80. The summed E-state index contributed by atoms with van der Waals surface area (Å²) in [4.78, 5) is 4.48. The van der Waals surface area contributed by atoms with E-state index >= 15 is 0 Å². The molecule has 1 heterocycles. The molecule has 0 N–H and O–H groups in total. The summed E-state index contributed by atoms with van der Waals surface area (Å²) in [6.45, 7) is 1.91. The summed E-state index contributed by atoms with van der Waals surface area (Å²) in [7, 11) is 0. The third-order valence-corrected chi connectivity index (χ3v) is 4.37. The summed E-state index contributed by atoms with van der Waals surface area (Å²) in [5, 5.41) is 0.597. The van der Waals surface area contributed by atoms with Gasteiger partial charge in [-0.15, -0.1) is 11.6 Å². The predicted molar refractivity (Wildman–Crippen MR) is 88.0 cm³/mol. The van der Waals surface area contributed by atoms with E-state index in [0.29, 0.717) is 21.0 Å². The Balaban J connectivity index is 2.38. The minimum atomic E-state index is -0.333. The third-order valence-electron chi connectivity index (χ3n) is 3.29. The molecule has 3 rings (SSSR count). The van der Waals surface area contributed by atoms with Crippen LogP contribution in [0.4, 0.5) is 4.39 Å². The Morgan fingerprint density at radius 1 is 1.29 bits per heavy atom. The van der Waals surface area contributed by atoms with E-state index in [1.54, 1.807) is 18.2 Å². The number of aryl methyl sites for hydroxylation is 1. The fourth-order valence-electron chi connectivity index (χ4n) is 2.33. The Kier molecular flexibility index (Phi) is 3.95. The Morgan fingerprint density at radius 2 is 2.05 bits per heavy atom. The number of hydrogen-bond donors (Lipinski definition) is 0. The molecule has 0 spiro atoms. The highest BCUT2D eigenvalue weighted by molar-refractivity contribution is 9.10. The first kappa shape index (κ1) is 14.8. The first-order chi connectivity index (χ1) is 10.0. The van der Waals surface area contributed by atoms with Crippen molar-refractivity contribution in [2.24, 2.45) is 0 Å². The summed E-state index contributed by atoms with van der Waals surface area (Å²) in [6, 6.07) is 8.61. The van der Waals surface area contributed by atoms with Gasteiger partial charge in [-0.3, -0.25) is 4.57 Å². The minimum absolute atomic E-state index is 0.226. The number of nitrogens with zero attached hydrogens (tertiary/aromatic N) is 2. The van der Waals surface area contributed by atoms with Crippen LogP contribution in [0.25, 0.3) is 16.7 Å². The lowest BCUT2D eigenvalue weighted by Gasteiger charge is -2.12. The highest BCUT2D eigenvalue weighted by Gasteiger charge is 2.15. The fourth-order valence-corrected chi connectivity index (χ4v) is 3.14. The van der Waals surface area contributed by atoms with E-state index in [1.807, 2.05) is 17.6 Å². The number of fused-ring (bicyclic) bond motifs is 1. The second-order valence-corrected chi connectivity index (χ2v) is 6.24. The molecule has 1 aromatic heterocycles. The van der Waals surface area contributed by atoms with Gasteiger partial charge < -0.3 is 0 Å². The van der Waals surface area contributed by atoms with Crippen LogP contribution in [0.5, 0.6) is 0 Å². The van der Waals surface area contributed by atoms with Gasteiger partial charge in [0.1, 0.15) is 11.6 Å². The van der Waals surface area contributed by atoms with Gasteiger partial charge in [-0.25, -0.2) is 9.37 Å². The lowest BCUT2D eigenvalue weighted by molar-refractivity contribution is 0.619. The van der Waals surface area contributed by atoms with Crippen LogP contribution in [0, 0.1) is 12.7 Å². The van der Waals surface area contributed by atoms with Crippen LogP contribution < -0.4 is 0 Å². The van der Waals surface area contributed by atoms with Crippen molar-refractivity contribution in [1.29, 1.82) is 0 Å². The Morgan fingerprint density at radius 3 is 2.76 bits per heavy atom. The van der Waals surface area contributed by atoms with Crippen molar-refractivity contribution in [3.63, 3.8) is 0 Å². The van der Waals surface area contributed by atoms with E-state index in [0.717, 1.165) is 16.6 Å². The monoisotopic (exact) mass is 386 g/mol. The number of alkyl halides is 1. The third kappa shape index (κ3) is 2.56. The van der Waals surface area contributed by atoms with Gasteiger partial charge in [0.2, 0.25) is 0 Å². The van der Waals surface area contributed by atoms with E-state index in [-0.39, 0.29) is 11.7 Å². The van der Waals surface area contributed by atoms with E-state index < -0.39 is 0 Å². The fraction of sp³-hybridized carbons (Fsp3) is 0.133. The maximum Gasteiger partial charge on any atom is 0.139 e. The molecule has 0 bridgehead atoms. The Hall–Kier alpha value is -1.10. The number of halogens is 4. The summed E-state index contributed by atoms with van der Waals surface area (Å²) >= 11 is 15.3. The standard InChI is InChI=1S/C15H10BrCl2FN2/c1-8-4-10(16)11(19)6-13(8)21-14-5-9(18)2-3-12(14)20-15(21)7-17/h2-6H,7H2,1H3. The molecule has 0 atom stereocenters. The molecule has 0 aliphatic carbocycles. The summed E-state index contributed by atoms with van der Waals surface area (Å²) in [5.41, 5.74) is 3.20. The molecule has 2 aromatic carbocycles. The quantitative estimate of drug-likeness (QED) is 0.521. The molecule has 0 unspecified atom stereocenters. The van der Waals surface area contributed by atoms with Crippen LogP contribution in [0.3, 0.4) is 0 Å². The molecular formula is C15H10BrCl2FN2. The molecule has 0 aliphatic rings. The average molecular weight is 388 g/mol. The van der Waals surface area contributed by atoms with Crippen LogP contribution in [0.1, 0.15) is 11.4 Å². The van der Waals surface area contributed by atoms with Crippen LogP contribution >= 0.6 is 39.1 Å². The van der Waals surface area contributed by atoms with Crippen molar-refractivity contribution in [3.05, 3.63) is 57.0 Å². The van der Waals surface area contributed by atoms with Gasteiger partial charge in [-0.2, -0.15) is 0 Å². The van der Waals surface area contributed by atoms with Crippen LogP contribution in [0.15, 0.2) is 34.8 Å². The van der Waals surface area contributed by atoms with E-state index in [1.165, 1.54) is 6.07 Å². The SMILES string of the molecule is Cc1cc(Br)c(F)cc1-n1c(CCl)nc2ccc(Cl)cc21. The van der Waals surface area contributed by atoms with Gasteiger partial charge in [0.15, 0.2) is 0 Å². The first-order valence-electron chi connectivity index (χ1n) is 6.20. The van der Waals surface area contributed by atoms with Gasteiger partial charge in [-0.05, 0) is 58.7 Å². The van der Waals surface area contributed by atoms with Gasteiger partial charge in [0.25, 0.3) is 0 Å². The zero-order valence-corrected chi connectivity index (χ0v) is 14.1. The lowest BCUT2D eigenvalue weighted by Crippen LogP contribution is -2.02. The molecule has 108 valence electrons. The molecule has 0 saturated carbocycles. The number of aromatic nitrogens is 2. The van der Waals surface area contributed by atoms with Crippen molar-refractivity contribution >= 4 is 50.2 Å². The lowest BCUT2D eigenvalue weighted by atomic mass is 10.2. The molecule has 0 saturated heterocycles. The normalized spacial score (nSPS) is 11.3. The molecule has 6 heteroatoms. The maximum atomic E-state index is 13.9. The van der Waals surface area contributed by atoms with Gasteiger partial charge >= 0.3 is 0 Å². The number of rotatable bonds is 2. The number of hydrogen-bond acceptors (Lipinski definition) is 1. The van der Waals surface area contributed by atoms with Crippen molar-refractivity contribution < 1.29 is 4.39 Å². The van der Waals surface area contributed by atoms with E-state index in [4.69, 9.17) is 23.2 Å². The van der Waals surface area contributed by atoms with Gasteiger partial charge in [-0.1, -0.05) is 11.6 Å². The van der Waals surface area contributed by atoms with Crippen LogP contribution in [-0.4, -0.2) is 9.55 Å². The first-order valence-corrected chi connectivity index (χ1v) is 7.90. The summed E-state index contributed by atoms with van der Waals surface area (Å²) < 4.78 is 16.2. The van der Waals surface area contributed by atoms with Crippen molar-refractivity contribution in [2.75, 3.05) is 0 Å². The molecule has 0 fully saturated rings.